The van der Waals surface area contributed by atoms with Gasteiger partial charge in [-0.25, -0.2) is 14.3 Å². The predicted molar refractivity (Wildman–Crippen MR) is 88.5 cm³/mol. The van der Waals surface area contributed by atoms with Crippen LogP contribution < -0.4 is 9.30 Å². The lowest BCUT2D eigenvalue weighted by molar-refractivity contribution is -0.722. The van der Waals surface area contributed by atoms with E-state index < -0.39 is 0 Å². The molecule has 0 aliphatic carbocycles. The van der Waals surface area contributed by atoms with Crippen LogP contribution in [0.2, 0.25) is 0 Å². The van der Waals surface area contributed by atoms with Gasteiger partial charge in [-0.05, 0) is 48.2 Å². The van der Waals surface area contributed by atoms with Crippen LogP contribution >= 0.6 is 11.8 Å². The lowest BCUT2D eigenvalue weighted by Crippen LogP contribution is -2.29. The van der Waals surface area contributed by atoms with E-state index in [0.29, 0.717) is 11.3 Å². The van der Waals surface area contributed by atoms with E-state index >= 15 is 0 Å². The number of H-pyrrole nitrogens is 1. The smallest absolute Gasteiger partial charge is 0.343 e. The normalized spacial score (nSPS) is 12.9. The van der Waals surface area contributed by atoms with E-state index in [9.17, 15) is 4.79 Å². The molecule has 1 aliphatic rings. The van der Waals surface area contributed by atoms with E-state index in [0.717, 1.165) is 23.6 Å². The zero-order valence-electron chi connectivity index (χ0n) is 12.4. The Bertz CT molecular complexity index is 820. The Morgan fingerprint density at radius 3 is 2.61 bits per heavy atom. The average molecular weight is 323 g/mol. The second-order valence-electron chi connectivity index (χ2n) is 5.29. The first kappa shape index (κ1) is 14.1. The maximum atomic E-state index is 12.0. The van der Waals surface area contributed by atoms with Gasteiger partial charge < -0.3 is 4.74 Å². The van der Waals surface area contributed by atoms with Crippen LogP contribution in [-0.4, -0.2) is 16.7 Å². The molecule has 2 heterocycles. The van der Waals surface area contributed by atoms with Crippen molar-refractivity contribution in [2.45, 2.75) is 11.7 Å². The summed E-state index contributed by atoms with van der Waals surface area (Å²) >= 11 is 1.83. The monoisotopic (exact) mass is 323 g/mol. The number of hydrogen-bond acceptors (Lipinski definition) is 3. The van der Waals surface area contributed by atoms with Gasteiger partial charge in [-0.1, -0.05) is 18.2 Å². The van der Waals surface area contributed by atoms with Crippen molar-refractivity contribution in [1.82, 2.24) is 4.98 Å². The number of hydrogen-bond donors (Lipinski definition) is 1. The third-order valence-corrected chi connectivity index (χ3v) is 4.74. The summed E-state index contributed by atoms with van der Waals surface area (Å²) in [4.78, 5) is 15.4. The van der Waals surface area contributed by atoms with Crippen LogP contribution in [0.5, 0.6) is 5.75 Å². The molecule has 5 heteroatoms. The SMILES string of the molecule is O=C(Oc1ccc(-c2c[n+]3c([nH]2)SCC3)cc1)c1ccccc1. The van der Waals surface area contributed by atoms with Crippen molar-refractivity contribution in [3.63, 3.8) is 0 Å². The van der Waals surface area contributed by atoms with E-state index in [1.165, 1.54) is 5.16 Å². The zero-order chi connectivity index (χ0) is 15.6. The molecule has 114 valence electrons. The minimum atomic E-state index is -0.343. The van der Waals surface area contributed by atoms with Gasteiger partial charge in [0.15, 0.2) is 5.69 Å². The number of ether oxygens (including phenoxy) is 1. The zero-order valence-corrected chi connectivity index (χ0v) is 13.2. The van der Waals surface area contributed by atoms with Crippen LogP contribution in [0.1, 0.15) is 10.4 Å². The number of rotatable bonds is 3. The molecule has 3 aromatic rings. The maximum Gasteiger partial charge on any atom is 0.343 e. The van der Waals surface area contributed by atoms with Gasteiger partial charge in [0.05, 0.1) is 5.56 Å². The summed E-state index contributed by atoms with van der Waals surface area (Å²) in [5.41, 5.74) is 2.70. The number of thioether (sulfide) groups is 1. The van der Waals surface area contributed by atoms with Gasteiger partial charge in [0.2, 0.25) is 0 Å². The van der Waals surface area contributed by atoms with Crippen LogP contribution in [-0.2, 0) is 6.54 Å². The van der Waals surface area contributed by atoms with Gasteiger partial charge in [0, 0.05) is 11.3 Å². The molecule has 2 aromatic carbocycles. The largest absolute Gasteiger partial charge is 0.423 e. The minimum absolute atomic E-state index is 0.343. The Kier molecular flexibility index (Phi) is 3.63. The summed E-state index contributed by atoms with van der Waals surface area (Å²) in [6, 6.07) is 16.5. The summed E-state index contributed by atoms with van der Waals surface area (Å²) in [6.07, 6.45) is 2.13. The van der Waals surface area contributed by atoms with Crippen molar-refractivity contribution in [3.05, 3.63) is 66.4 Å². The van der Waals surface area contributed by atoms with Gasteiger partial charge in [0.1, 0.15) is 18.5 Å². The van der Waals surface area contributed by atoms with Crippen molar-refractivity contribution < 1.29 is 14.1 Å². The summed E-state index contributed by atoms with van der Waals surface area (Å²) < 4.78 is 7.62. The molecule has 0 spiro atoms. The standard InChI is InChI=1S/C18H14N2O2S/c21-17(14-4-2-1-3-5-14)22-15-8-6-13(7-9-15)16-12-20-10-11-23-18(20)19-16/h1-9,12H,10-11H2/p+1. The number of nitrogens with one attached hydrogen (secondary N) is 1. The molecule has 0 radical (unpaired) electrons. The van der Waals surface area contributed by atoms with Crippen LogP contribution in [0.15, 0.2) is 66.0 Å². The van der Waals surface area contributed by atoms with Crippen LogP contribution in [0.4, 0.5) is 0 Å². The number of esters is 1. The highest BCUT2D eigenvalue weighted by Gasteiger charge is 2.22. The molecule has 1 aliphatic heterocycles. The maximum absolute atomic E-state index is 12.0. The quantitative estimate of drug-likeness (QED) is 0.457. The first-order chi connectivity index (χ1) is 11.3. The van der Waals surface area contributed by atoms with Crippen LogP contribution in [0, 0.1) is 0 Å². The molecule has 23 heavy (non-hydrogen) atoms. The topological polar surface area (TPSA) is 46.0 Å². The second kappa shape index (κ2) is 5.93. The molecule has 0 saturated heterocycles. The Balaban J connectivity index is 1.50. The Morgan fingerprint density at radius 2 is 1.87 bits per heavy atom. The third-order valence-electron chi connectivity index (χ3n) is 3.74. The first-order valence-electron chi connectivity index (χ1n) is 7.42. The molecular formula is C18H15N2O2S+. The lowest BCUT2D eigenvalue weighted by Gasteiger charge is -2.04. The van der Waals surface area contributed by atoms with E-state index in [1.807, 2.05) is 54.2 Å². The van der Waals surface area contributed by atoms with E-state index in [-0.39, 0.29) is 5.97 Å². The Morgan fingerprint density at radius 1 is 1.09 bits per heavy atom. The Hall–Kier alpha value is -2.53. The summed E-state index contributed by atoms with van der Waals surface area (Å²) in [6.45, 7) is 1.04. The summed E-state index contributed by atoms with van der Waals surface area (Å²) in [5.74, 6) is 1.33. The molecule has 0 saturated carbocycles. The van der Waals surface area contributed by atoms with E-state index in [2.05, 4.69) is 15.7 Å². The fourth-order valence-corrected chi connectivity index (χ4v) is 3.52. The number of fused-ring (bicyclic) bond motifs is 1. The van der Waals surface area contributed by atoms with Gasteiger partial charge in [-0.2, -0.15) is 0 Å². The lowest BCUT2D eigenvalue weighted by atomic mass is 10.1. The van der Waals surface area contributed by atoms with E-state index in [4.69, 9.17) is 4.74 Å². The molecule has 0 unspecified atom stereocenters. The average Bonchev–Trinajstić information content (AvgIpc) is 3.18. The number of carbonyl (C=O) groups excluding carboxylic acids is 1. The van der Waals surface area contributed by atoms with Crippen LogP contribution in [0.3, 0.4) is 0 Å². The number of aryl methyl sites for hydroxylation is 1. The molecular weight excluding hydrogens is 308 g/mol. The first-order valence-corrected chi connectivity index (χ1v) is 8.41. The second-order valence-corrected chi connectivity index (χ2v) is 6.38. The molecule has 0 amide bonds. The van der Waals surface area contributed by atoms with Crippen molar-refractivity contribution in [2.75, 3.05) is 5.75 Å². The molecule has 0 fully saturated rings. The number of imidazole rings is 1. The fraction of sp³-hybridized carbons (Fsp3) is 0.111. The molecule has 1 aromatic heterocycles. The highest BCUT2D eigenvalue weighted by atomic mass is 32.2. The highest BCUT2D eigenvalue weighted by molar-refractivity contribution is 7.99. The van der Waals surface area contributed by atoms with Crippen molar-refractivity contribution in [1.29, 1.82) is 0 Å². The molecule has 0 bridgehead atoms. The predicted octanol–water partition coefficient (Wildman–Crippen LogP) is 3.29. The van der Waals surface area contributed by atoms with Gasteiger partial charge in [-0.3, -0.25) is 0 Å². The number of nitrogens with zero attached hydrogens (tertiary/aromatic N) is 1. The number of aromatic amines is 1. The molecule has 1 N–H and O–H groups in total. The fourth-order valence-electron chi connectivity index (χ4n) is 2.55. The highest BCUT2D eigenvalue weighted by Crippen LogP contribution is 2.25. The minimum Gasteiger partial charge on any atom is -0.423 e. The molecule has 4 rings (SSSR count). The third kappa shape index (κ3) is 2.87. The molecule has 4 nitrogen and oxygen atoms in total. The molecule has 0 atom stereocenters. The van der Waals surface area contributed by atoms with Crippen molar-refractivity contribution >= 4 is 17.7 Å². The van der Waals surface area contributed by atoms with Crippen molar-refractivity contribution in [2.24, 2.45) is 0 Å². The number of aromatic nitrogens is 2. The van der Waals surface area contributed by atoms with Crippen LogP contribution in [0.25, 0.3) is 11.3 Å². The van der Waals surface area contributed by atoms with Gasteiger partial charge in [-0.15, -0.1) is 0 Å². The summed E-state index contributed by atoms with van der Waals surface area (Å²) in [5, 5.41) is 1.19. The number of carbonyl (C=O) groups is 1. The number of benzene rings is 2. The van der Waals surface area contributed by atoms with Gasteiger partial charge >= 0.3 is 11.1 Å². The van der Waals surface area contributed by atoms with E-state index in [1.54, 1.807) is 12.1 Å². The Labute approximate surface area is 138 Å². The van der Waals surface area contributed by atoms with Crippen molar-refractivity contribution in [3.8, 4) is 17.0 Å². The summed E-state index contributed by atoms with van der Waals surface area (Å²) in [7, 11) is 0. The van der Waals surface area contributed by atoms with Gasteiger partial charge in [0.25, 0.3) is 0 Å².